The summed E-state index contributed by atoms with van der Waals surface area (Å²) in [7, 11) is 0. The molecule has 5 heteroatoms. The maximum absolute atomic E-state index is 11.7. The van der Waals surface area contributed by atoms with E-state index in [1.54, 1.807) is 20.8 Å². The van der Waals surface area contributed by atoms with Crippen molar-refractivity contribution < 1.29 is 19.4 Å². The number of hydrogen-bond donors (Lipinski definition) is 2. The fraction of sp³-hybridized carbons (Fsp3) is 0.833. The fourth-order valence-electron chi connectivity index (χ4n) is 2.98. The summed E-state index contributed by atoms with van der Waals surface area (Å²) in [4.78, 5) is 23.0. The minimum absolute atomic E-state index is 0.0903. The van der Waals surface area contributed by atoms with Gasteiger partial charge in [-0.3, -0.25) is 0 Å². The van der Waals surface area contributed by atoms with Gasteiger partial charge in [0.1, 0.15) is 11.1 Å². The molecule has 5 nitrogen and oxygen atoms in total. The molecule has 0 saturated heterocycles. The van der Waals surface area contributed by atoms with Crippen molar-refractivity contribution in [1.29, 1.82) is 0 Å². The first-order valence-corrected chi connectivity index (χ1v) is 6.02. The summed E-state index contributed by atoms with van der Waals surface area (Å²) < 4.78 is 5.12. The molecule has 0 aromatic rings. The highest BCUT2D eigenvalue weighted by molar-refractivity contribution is 5.89. The number of fused-ring (bicyclic) bond motifs is 1. The van der Waals surface area contributed by atoms with E-state index in [0.717, 1.165) is 19.3 Å². The molecular weight excluding hydrogens is 222 g/mol. The Bertz CT molecular complexity index is 348. The Kier molecular flexibility index (Phi) is 2.60. The summed E-state index contributed by atoms with van der Waals surface area (Å²) in [6.07, 6.45) is 2.19. The number of amides is 1. The number of carboxylic acid groups (broad SMARTS) is 1. The topological polar surface area (TPSA) is 75.6 Å². The lowest BCUT2D eigenvalue weighted by atomic mass is 10.1. The third kappa shape index (κ3) is 1.98. The van der Waals surface area contributed by atoms with Crippen molar-refractivity contribution in [3.8, 4) is 0 Å². The number of ether oxygens (including phenoxy) is 1. The normalized spacial score (nSPS) is 35.0. The molecule has 2 rings (SSSR count). The summed E-state index contributed by atoms with van der Waals surface area (Å²) >= 11 is 0. The van der Waals surface area contributed by atoms with Gasteiger partial charge >= 0.3 is 12.1 Å². The first-order chi connectivity index (χ1) is 7.77. The average molecular weight is 241 g/mol. The van der Waals surface area contributed by atoms with Crippen LogP contribution < -0.4 is 5.32 Å². The third-order valence-electron chi connectivity index (χ3n) is 3.64. The zero-order valence-electron chi connectivity index (χ0n) is 10.4. The lowest BCUT2D eigenvalue weighted by molar-refractivity contribution is -0.141. The molecule has 2 fully saturated rings. The van der Waals surface area contributed by atoms with Gasteiger partial charge in [-0.1, -0.05) is 6.42 Å². The Morgan fingerprint density at radius 3 is 2.24 bits per heavy atom. The number of alkyl carbamates (subject to hydrolysis) is 1. The van der Waals surface area contributed by atoms with Crippen molar-refractivity contribution in [3.05, 3.63) is 0 Å². The van der Waals surface area contributed by atoms with Gasteiger partial charge in [-0.25, -0.2) is 9.59 Å². The number of carbonyl (C=O) groups excluding carboxylic acids is 1. The molecule has 0 aliphatic heterocycles. The molecule has 0 spiro atoms. The van der Waals surface area contributed by atoms with E-state index in [2.05, 4.69) is 5.32 Å². The Balaban J connectivity index is 2.02. The van der Waals surface area contributed by atoms with Crippen molar-refractivity contribution in [1.82, 2.24) is 5.32 Å². The fourth-order valence-corrected chi connectivity index (χ4v) is 2.98. The minimum Gasteiger partial charge on any atom is -0.479 e. The number of carboxylic acids is 1. The summed E-state index contributed by atoms with van der Waals surface area (Å²) in [5.41, 5.74) is -1.66. The Morgan fingerprint density at radius 1 is 1.29 bits per heavy atom. The molecule has 2 aliphatic rings. The molecule has 2 atom stereocenters. The van der Waals surface area contributed by atoms with E-state index >= 15 is 0 Å². The summed E-state index contributed by atoms with van der Waals surface area (Å²) in [6, 6.07) is 0. The van der Waals surface area contributed by atoms with Crippen LogP contribution in [-0.4, -0.2) is 28.3 Å². The minimum atomic E-state index is -1.05. The second-order valence-corrected chi connectivity index (χ2v) is 5.94. The predicted octanol–water partition coefficient (Wildman–Crippen LogP) is 1.76. The number of rotatable bonds is 2. The maximum atomic E-state index is 11.7. The van der Waals surface area contributed by atoms with Crippen LogP contribution in [0.15, 0.2) is 0 Å². The lowest BCUT2D eigenvalue weighted by Gasteiger charge is -2.23. The molecular formula is C12H19NO4. The van der Waals surface area contributed by atoms with Crippen molar-refractivity contribution in [3.63, 3.8) is 0 Å². The van der Waals surface area contributed by atoms with Crippen molar-refractivity contribution in [2.45, 2.75) is 51.2 Å². The molecule has 17 heavy (non-hydrogen) atoms. The third-order valence-corrected chi connectivity index (χ3v) is 3.64. The molecule has 2 unspecified atom stereocenters. The number of hydrogen-bond acceptors (Lipinski definition) is 3. The molecule has 2 saturated carbocycles. The van der Waals surface area contributed by atoms with Crippen molar-refractivity contribution in [2.24, 2.45) is 11.8 Å². The first kappa shape index (κ1) is 12.2. The molecule has 0 aromatic heterocycles. The van der Waals surface area contributed by atoms with Gasteiger partial charge in [0.2, 0.25) is 0 Å². The van der Waals surface area contributed by atoms with Gasteiger partial charge in [0.05, 0.1) is 0 Å². The summed E-state index contributed by atoms with van der Waals surface area (Å²) in [5.74, 6) is -0.752. The molecule has 1 amide bonds. The van der Waals surface area contributed by atoms with Crippen LogP contribution in [0.1, 0.15) is 40.0 Å². The highest BCUT2D eigenvalue weighted by Gasteiger charge is 2.72. The van der Waals surface area contributed by atoms with Gasteiger partial charge in [-0.2, -0.15) is 0 Å². The Morgan fingerprint density at radius 2 is 1.82 bits per heavy atom. The predicted molar refractivity (Wildman–Crippen MR) is 60.6 cm³/mol. The van der Waals surface area contributed by atoms with Crippen LogP contribution in [0.5, 0.6) is 0 Å². The van der Waals surface area contributed by atoms with Crippen LogP contribution in [0.2, 0.25) is 0 Å². The molecule has 2 N–H and O–H groups in total. The quantitative estimate of drug-likeness (QED) is 0.772. The van der Waals surface area contributed by atoms with Gasteiger partial charge in [-0.05, 0) is 45.4 Å². The smallest absolute Gasteiger partial charge is 0.408 e. The van der Waals surface area contributed by atoms with Crippen LogP contribution >= 0.6 is 0 Å². The van der Waals surface area contributed by atoms with E-state index in [1.165, 1.54) is 0 Å². The van der Waals surface area contributed by atoms with E-state index in [1.807, 2.05) is 0 Å². The molecule has 0 bridgehead atoms. The zero-order valence-corrected chi connectivity index (χ0v) is 10.4. The monoisotopic (exact) mass is 241 g/mol. The van der Waals surface area contributed by atoms with E-state index < -0.39 is 23.2 Å². The zero-order chi connectivity index (χ0) is 12.8. The Hall–Kier alpha value is -1.26. The van der Waals surface area contributed by atoms with Crippen molar-refractivity contribution >= 4 is 12.1 Å². The highest BCUT2D eigenvalue weighted by Crippen LogP contribution is 2.60. The second-order valence-electron chi connectivity index (χ2n) is 5.94. The van der Waals surface area contributed by atoms with Crippen LogP contribution in [0, 0.1) is 11.8 Å². The van der Waals surface area contributed by atoms with Crippen molar-refractivity contribution in [2.75, 3.05) is 0 Å². The van der Waals surface area contributed by atoms with E-state index in [9.17, 15) is 14.7 Å². The van der Waals surface area contributed by atoms with E-state index in [0.29, 0.717) is 0 Å². The van der Waals surface area contributed by atoms with Gasteiger partial charge in [0.25, 0.3) is 0 Å². The number of aliphatic carboxylic acids is 1. The average Bonchev–Trinajstić information content (AvgIpc) is 2.56. The Labute approximate surface area is 101 Å². The van der Waals surface area contributed by atoms with Crippen LogP contribution in [0.4, 0.5) is 4.79 Å². The molecule has 96 valence electrons. The molecule has 0 aromatic carbocycles. The molecule has 2 aliphatic carbocycles. The number of nitrogens with one attached hydrogen (secondary N) is 1. The first-order valence-electron chi connectivity index (χ1n) is 6.02. The van der Waals surface area contributed by atoms with Crippen LogP contribution in [-0.2, 0) is 9.53 Å². The highest BCUT2D eigenvalue weighted by atomic mass is 16.6. The van der Waals surface area contributed by atoms with E-state index in [4.69, 9.17) is 4.74 Å². The molecule has 0 radical (unpaired) electrons. The summed E-state index contributed by atoms with van der Waals surface area (Å²) in [5, 5.41) is 11.9. The largest absolute Gasteiger partial charge is 0.479 e. The van der Waals surface area contributed by atoms with Crippen LogP contribution in [0.3, 0.4) is 0 Å². The van der Waals surface area contributed by atoms with Crippen LogP contribution in [0.25, 0.3) is 0 Å². The standard InChI is InChI=1S/C12H19NO4/c1-11(2,3)17-10(16)13-12(9(14)15)7-5-4-6-8(7)12/h7-8H,4-6H2,1-3H3,(H,13,16)(H,14,15). The summed E-state index contributed by atoms with van der Waals surface area (Å²) in [6.45, 7) is 5.27. The maximum Gasteiger partial charge on any atom is 0.408 e. The van der Waals surface area contributed by atoms with Gasteiger partial charge < -0.3 is 15.2 Å². The number of carbonyl (C=O) groups is 2. The lowest BCUT2D eigenvalue weighted by Crippen LogP contribution is -2.48. The second kappa shape index (κ2) is 3.62. The SMILES string of the molecule is CC(C)(C)OC(=O)NC1(C(=O)O)C2CCCC21. The van der Waals surface area contributed by atoms with Gasteiger partial charge in [-0.15, -0.1) is 0 Å². The van der Waals surface area contributed by atoms with Gasteiger partial charge in [0, 0.05) is 0 Å². The molecule has 0 heterocycles. The van der Waals surface area contributed by atoms with Gasteiger partial charge in [0.15, 0.2) is 0 Å². The van der Waals surface area contributed by atoms with E-state index in [-0.39, 0.29) is 11.8 Å².